The Labute approximate surface area is 109 Å². The lowest BCUT2D eigenvalue weighted by molar-refractivity contribution is -0.112. The van der Waals surface area contributed by atoms with E-state index >= 15 is 0 Å². The zero-order valence-corrected chi connectivity index (χ0v) is 10.6. The van der Waals surface area contributed by atoms with Crippen molar-refractivity contribution in [2.75, 3.05) is 5.32 Å². The van der Waals surface area contributed by atoms with E-state index in [4.69, 9.17) is 0 Å². The molecular formula is C14H13FN2O2. The molecule has 0 spiro atoms. The minimum atomic E-state index is -0.739. The van der Waals surface area contributed by atoms with Crippen LogP contribution >= 0.6 is 0 Å². The van der Waals surface area contributed by atoms with Crippen LogP contribution in [0.2, 0.25) is 0 Å². The molecule has 2 rings (SSSR count). The average Bonchev–Trinajstić information content (AvgIpc) is 2.78. The van der Waals surface area contributed by atoms with Crippen LogP contribution < -0.4 is 5.32 Å². The summed E-state index contributed by atoms with van der Waals surface area (Å²) in [7, 11) is 1.68. The van der Waals surface area contributed by atoms with Crippen molar-refractivity contribution in [2.45, 2.75) is 6.92 Å². The third kappa shape index (κ3) is 2.70. The highest BCUT2D eigenvalue weighted by Crippen LogP contribution is 2.16. The largest absolute Gasteiger partial charge is 0.348 e. The fourth-order valence-corrected chi connectivity index (χ4v) is 1.76. The van der Waals surface area contributed by atoms with Gasteiger partial charge in [0.05, 0.1) is 5.69 Å². The van der Waals surface area contributed by atoms with Crippen molar-refractivity contribution in [3.63, 3.8) is 0 Å². The predicted molar refractivity (Wildman–Crippen MR) is 69.5 cm³/mol. The van der Waals surface area contributed by atoms with Gasteiger partial charge in [-0.15, -0.1) is 0 Å². The van der Waals surface area contributed by atoms with E-state index in [1.807, 2.05) is 0 Å². The summed E-state index contributed by atoms with van der Waals surface area (Å²) in [5.74, 6) is -1.75. The summed E-state index contributed by atoms with van der Waals surface area (Å²) in [4.78, 5) is 23.7. The number of ketones is 1. The third-order valence-corrected chi connectivity index (χ3v) is 2.82. The second-order valence-corrected chi connectivity index (χ2v) is 4.25. The second-order valence-electron chi connectivity index (χ2n) is 4.25. The Morgan fingerprint density at radius 3 is 2.58 bits per heavy atom. The minimum Gasteiger partial charge on any atom is -0.348 e. The van der Waals surface area contributed by atoms with Gasteiger partial charge in [-0.2, -0.15) is 0 Å². The Morgan fingerprint density at radius 1 is 1.26 bits per heavy atom. The molecule has 0 fully saturated rings. The van der Waals surface area contributed by atoms with Crippen molar-refractivity contribution in [1.82, 2.24) is 4.57 Å². The lowest BCUT2D eigenvalue weighted by Crippen LogP contribution is -2.25. The molecule has 0 aliphatic carbocycles. The Morgan fingerprint density at radius 2 is 2.00 bits per heavy atom. The number of aromatic nitrogens is 1. The van der Waals surface area contributed by atoms with Crippen LogP contribution in [0, 0.1) is 12.7 Å². The lowest BCUT2D eigenvalue weighted by atomic mass is 10.2. The molecule has 19 heavy (non-hydrogen) atoms. The number of hydrogen-bond acceptors (Lipinski definition) is 2. The summed E-state index contributed by atoms with van der Waals surface area (Å²) in [5, 5.41) is 2.48. The fourth-order valence-electron chi connectivity index (χ4n) is 1.76. The van der Waals surface area contributed by atoms with Gasteiger partial charge in [-0.25, -0.2) is 4.39 Å². The number of rotatable bonds is 3. The van der Waals surface area contributed by atoms with E-state index in [2.05, 4.69) is 5.32 Å². The fraction of sp³-hybridized carbons (Fsp3) is 0.143. The first kappa shape index (κ1) is 13.0. The van der Waals surface area contributed by atoms with Crippen molar-refractivity contribution in [3.05, 3.63) is 53.6 Å². The molecule has 0 saturated carbocycles. The molecule has 0 radical (unpaired) electrons. The van der Waals surface area contributed by atoms with Gasteiger partial charge >= 0.3 is 0 Å². The summed E-state index contributed by atoms with van der Waals surface area (Å²) in [5.41, 5.74) is 1.29. The predicted octanol–water partition coefficient (Wildman–Crippen LogP) is 2.29. The molecule has 0 aliphatic heterocycles. The van der Waals surface area contributed by atoms with Crippen molar-refractivity contribution in [3.8, 4) is 0 Å². The molecule has 98 valence electrons. The van der Waals surface area contributed by atoms with Crippen molar-refractivity contribution in [2.24, 2.45) is 7.05 Å². The molecule has 0 atom stereocenters. The van der Waals surface area contributed by atoms with E-state index in [9.17, 15) is 14.0 Å². The normalized spacial score (nSPS) is 10.3. The van der Waals surface area contributed by atoms with Crippen LogP contribution in [0.5, 0.6) is 0 Å². The number of nitrogens with one attached hydrogen (secondary N) is 1. The smallest absolute Gasteiger partial charge is 0.298 e. The first-order valence-corrected chi connectivity index (χ1v) is 5.72. The first-order chi connectivity index (χ1) is 8.99. The van der Waals surface area contributed by atoms with Gasteiger partial charge < -0.3 is 9.88 Å². The Hall–Kier alpha value is -2.43. The van der Waals surface area contributed by atoms with Gasteiger partial charge in [-0.1, -0.05) is 0 Å². The molecule has 0 bridgehead atoms. The van der Waals surface area contributed by atoms with Crippen molar-refractivity contribution in [1.29, 1.82) is 0 Å². The van der Waals surface area contributed by atoms with Crippen LogP contribution in [-0.2, 0) is 11.8 Å². The van der Waals surface area contributed by atoms with Crippen LogP contribution in [0.3, 0.4) is 0 Å². The van der Waals surface area contributed by atoms with E-state index in [1.54, 1.807) is 36.9 Å². The summed E-state index contributed by atoms with van der Waals surface area (Å²) in [6.07, 6.45) is 1.68. The van der Waals surface area contributed by atoms with Gasteiger partial charge in [0.15, 0.2) is 0 Å². The molecule has 0 saturated heterocycles. The minimum absolute atomic E-state index is 0.303. The SMILES string of the molecule is Cc1cc(F)ccc1NC(=O)C(=O)c1cccn1C. The summed E-state index contributed by atoms with van der Waals surface area (Å²) in [6.45, 7) is 1.66. The quantitative estimate of drug-likeness (QED) is 0.680. The molecule has 0 unspecified atom stereocenters. The summed E-state index contributed by atoms with van der Waals surface area (Å²) >= 11 is 0. The Kier molecular flexibility index (Phi) is 3.46. The number of anilines is 1. The zero-order valence-electron chi connectivity index (χ0n) is 10.6. The molecule has 2 aromatic rings. The number of nitrogens with zero attached hydrogens (tertiary/aromatic N) is 1. The highest BCUT2D eigenvalue weighted by Gasteiger charge is 2.19. The number of hydrogen-bond donors (Lipinski definition) is 1. The highest BCUT2D eigenvalue weighted by atomic mass is 19.1. The Balaban J connectivity index is 2.18. The van der Waals surface area contributed by atoms with Gasteiger partial charge in [0.2, 0.25) is 0 Å². The highest BCUT2D eigenvalue weighted by molar-refractivity contribution is 6.46. The molecule has 1 aromatic carbocycles. The monoisotopic (exact) mass is 260 g/mol. The van der Waals surface area contributed by atoms with E-state index in [0.29, 0.717) is 16.9 Å². The van der Waals surface area contributed by atoms with E-state index in [-0.39, 0.29) is 5.82 Å². The number of aryl methyl sites for hydroxylation is 2. The molecule has 1 aromatic heterocycles. The van der Waals surface area contributed by atoms with E-state index < -0.39 is 11.7 Å². The van der Waals surface area contributed by atoms with Crippen LogP contribution in [0.25, 0.3) is 0 Å². The lowest BCUT2D eigenvalue weighted by Gasteiger charge is -2.08. The van der Waals surface area contributed by atoms with Gasteiger partial charge in [-0.3, -0.25) is 9.59 Å². The number of benzene rings is 1. The molecule has 5 heteroatoms. The Bertz CT molecular complexity index is 647. The van der Waals surface area contributed by atoms with Gasteiger partial charge in [-0.05, 0) is 42.8 Å². The molecule has 4 nitrogen and oxygen atoms in total. The van der Waals surface area contributed by atoms with Gasteiger partial charge in [0, 0.05) is 18.9 Å². The molecular weight excluding hydrogens is 247 g/mol. The van der Waals surface area contributed by atoms with Crippen LogP contribution in [0.15, 0.2) is 36.5 Å². The maximum absolute atomic E-state index is 12.9. The maximum atomic E-state index is 12.9. The molecule has 1 amide bonds. The molecule has 1 heterocycles. The van der Waals surface area contributed by atoms with Crippen LogP contribution in [0.1, 0.15) is 16.1 Å². The number of carbonyl (C=O) groups excluding carboxylic acids is 2. The average molecular weight is 260 g/mol. The summed E-state index contributed by atoms with van der Waals surface area (Å²) in [6, 6.07) is 7.21. The second kappa shape index (κ2) is 5.06. The molecule has 0 aliphatic rings. The molecule has 1 N–H and O–H groups in total. The van der Waals surface area contributed by atoms with E-state index in [1.165, 1.54) is 18.2 Å². The number of carbonyl (C=O) groups is 2. The number of Topliss-reactive ketones (excluding diaryl/α,β-unsaturated/α-hetero) is 1. The topological polar surface area (TPSA) is 51.1 Å². The van der Waals surface area contributed by atoms with Gasteiger partial charge in [0.1, 0.15) is 5.82 Å². The van der Waals surface area contributed by atoms with Crippen LogP contribution in [0.4, 0.5) is 10.1 Å². The van der Waals surface area contributed by atoms with E-state index in [0.717, 1.165) is 0 Å². The summed E-state index contributed by atoms with van der Waals surface area (Å²) < 4.78 is 14.5. The maximum Gasteiger partial charge on any atom is 0.298 e. The number of amides is 1. The number of halogens is 1. The third-order valence-electron chi connectivity index (χ3n) is 2.82. The van der Waals surface area contributed by atoms with Crippen LogP contribution in [-0.4, -0.2) is 16.3 Å². The van der Waals surface area contributed by atoms with Crippen molar-refractivity contribution >= 4 is 17.4 Å². The van der Waals surface area contributed by atoms with Gasteiger partial charge in [0.25, 0.3) is 11.7 Å². The zero-order chi connectivity index (χ0) is 14.0. The first-order valence-electron chi connectivity index (χ1n) is 5.72. The van der Waals surface area contributed by atoms with Crippen molar-refractivity contribution < 1.29 is 14.0 Å². The standard InChI is InChI=1S/C14H13FN2O2/c1-9-8-10(15)5-6-11(9)16-14(19)13(18)12-4-3-7-17(12)2/h3-8H,1-2H3,(H,16,19).